The highest BCUT2D eigenvalue weighted by Gasteiger charge is 2.07. The Bertz CT molecular complexity index is 441. The van der Waals surface area contributed by atoms with Crippen molar-refractivity contribution in [2.75, 3.05) is 25.5 Å². The number of halogens is 1. The Morgan fingerprint density at radius 1 is 1.25 bits per heavy atom. The largest absolute Gasteiger partial charge is 0.491 e. The van der Waals surface area contributed by atoms with Gasteiger partial charge >= 0.3 is 0 Å². The molecule has 0 saturated heterocycles. The third-order valence-electron chi connectivity index (χ3n) is 2.37. The molecule has 0 bridgehead atoms. The van der Waals surface area contributed by atoms with Crippen molar-refractivity contribution in [2.24, 2.45) is 5.73 Å². The number of carbonyl (C=O) groups is 2. The van der Waals surface area contributed by atoms with Crippen LogP contribution < -0.4 is 21.1 Å². The van der Waals surface area contributed by atoms with Crippen molar-refractivity contribution in [3.8, 4) is 5.75 Å². The number of anilines is 1. The van der Waals surface area contributed by atoms with Crippen LogP contribution in [0, 0.1) is 0 Å². The first kappa shape index (κ1) is 18.2. The van der Waals surface area contributed by atoms with Crippen LogP contribution in [0.4, 0.5) is 5.69 Å². The highest BCUT2D eigenvalue weighted by atomic mass is 35.5. The summed E-state index contributed by atoms with van der Waals surface area (Å²) in [7, 11) is 1.79. The number of para-hydroxylation sites is 2. The fourth-order valence-electron chi connectivity index (χ4n) is 1.41. The maximum absolute atomic E-state index is 11.6. The van der Waals surface area contributed by atoms with Crippen molar-refractivity contribution in [1.29, 1.82) is 0 Å². The third kappa shape index (κ3) is 6.96. The molecule has 6 nitrogen and oxygen atoms in total. The molecule has 2 amide bonds. The van der Waals surface area contributed by atoms with E-state index in [1.807, 2.05) is 0 Å². The van der Waals surface area contributed by atoms with Crippen LogP contribution in [0.25, 0.3) is 0 Å². The number of nitrogens with two attached hydrogens (primary N) is 1. The zero-order chi connectivity index (χ0) is 14.1. The second-order valence-corrected chi connectivity index (χ2v) is 3.96. The van der Waals surface area contributed by atoms with Crippen LogP contribution in [-0.4, -0.2) is 32.0 Å². The lowest BCUT2D eigenvalue weighted by Crippen LogP contribution is -2.19. The van der Waals surface area contributed by atoms with Crippen molar-refractivity contribution in [3.63, 3.8) is 0 Å². The van der Waals surface area contributed by atoms with Gasteiger partial charge in [-0.05, 0) is 19.2 Å². The van der Waals surface area contributed by atoms with Crippen LogP contribution in [0.1, 0.15) is 12.8 Å². The van der Waals surface area contributed by atoms with Gasteiger partial charge in [0, 0.05) is 13.0 Å². The van der Waals surface area contributed by atoms with E-state index in [2.05, 4.69) is 10.6 Å². The first-order valence-electron chi connectivity index (χ1n) is 6.08. The van der Waals surface area contributed by atoms with Crippen LogP contribution in [0.15, 0.2) is 24.3 Å². The van der Waals surface area contributed by atoms with Gasteiger partial charge in [-0.15, -0.1) is 12.4 Å². The molecule has 112 valence electrons. The Hall–Kier alpha value is -1.79. The lowest BCUT2D eigenvalue weighted by Gasteiger charge is -2.11. The number of hydrogen-bond acceptors (Lipinski definition) is 4. The first-order valence-corrected chi connectivity index (χ1v) is 6.08. The molecule has 0 aromatic heterocycles. The standard InChI is InChI=1S/C13H19N3O3.ClH/c1-15-8-6-13(18)16-10-4-2-3-5-11(10)19-9-7-12(14)17;/h2-5,15H,6-9H2,1H3,(H2,14,17)(H,16,18);1H. The van der Waals surface area contributed by atoms with E-state index < -0.39 is 5.91 Å². The number of benzene rings is 1. The Balaban J connectivity index is 0.00000361. The molecule has 4 N–H and O–H groups in total. The Morgan fingerprint density at radius 3 is 2.60 bits per heavy atom. The molecule has 7 heteroatoms. The molecule has 0 aliphatic heterocycles. The first-order chi connectivity index (χ1) is 9.13. The highest BCUT2D eigenvalue weighted by Crippen LogP contribution is 2.23. The second-order valence-electron chi connectivity index (χ2n) is 3.96. The van der Waals surface area contributed by atoms with Crippen LogP contribution in [0.3, 0.4) is 0 Å². The maximum Gasteiger partial charge on any atom is 0.225 e. The van der Waals surface area contributed by atoms with Crippen LogP contribution in [0.5, 0.6) is 5.75 Å². The van der Waals surface area contributed by atoms with E-state index in [1.165, 1.54) is 0 Å². The zero-order valence-corrected chi connectivity index (χ0v) is 12.2. The van der Waals surface area contributed by atoms with Gasteiger partial charge in [-0.25, -0.2) is 0 Å². The predicted octanol–water partition coefficient (Wildman–Crippen LogP) is 0.911. The van der Waals surface area contributed by atoms with Gasteiger partial charge in [-0.2, -0.15) is 0 Å². The summed E-state index contributed by atoms with van der Waals surface area (Å²) in [6.07, 6.45) is 0.522. The Kier molecular flexibility index (Phi) is 9.15. The number of ether oxygens (including phenoxy) is 1. The van der Waals surface area contributed by atoms with Gasteiger partial charge in [0.15, 0.2) is 0 Å². The molecule has 0 saturated carbocycles. The summed E-state index contributed by atoms with van der Waals surface area (Å²) in [6.45, 7) is 0.801. The molecule has 1 aromatic rings. The van der Waals surface area contributed by atoms with Crippen molar-refractivity contribution >= 4 is 29.9 Å². The molecule has 0 fully saturated rings. The quantitative estimate of drug-likeness (QED) is 0.665. The van der Waals surface area contributed by atoms with E-state index >= 15 is 0 Å². The zero-order valence-electron chi connectivity index (χ0n) is 11.3. The summed E-state index contributed by atoms with van der Waals surface area (Å²) in [5.41, 5.74) is 5.63. The van der Waals surface area contributed by atoms with Crippen LogP contribution in [-0.2, 0) is 9.59 Å². The molecule has 1 rings (SSSR count). The van der Waals surface area contributed by atoms with Crippen LogP contribution in [0.2, 0.25) is 0 Å². The average molecular weight is 302 g/mol. The third-order valence-corrected chi connectivity index (χ3v) is 2.37. The maximum atomic E-state index is 11.6. The fourth-order valence-corrected chi connectivity index (χ4v) is 1.41. The summed E-state index contributed by atoms with van der Waals surface area (Å²) in [5, 5.41) is 5.67. The normalized spacial score (nSPS) is 9.45. The van der Waals surface area contributed by atoms with Crippen molar-refractivity contribution < 1.29 is 14.3 Å². The average Bonchev–Trinajstić information content (AvgIpc) is 2.38. The molecular weight excluding hydrogens is 282 g/mol. The molecule has 0 atom stereocenters. The van der Waals surface area contributed by atoms with Gasteiger partial charge in [0.25, 0.3) is 0 Å². The number of primary amides is 1. The van der Waals surface area contributed by atoms with Gasteiger partial charge < -0.3 is 21.1 Å². The van der Waals surface area contributed by atoms with E-state index in [9.17, 15) is 9.59 Å². The lowest BCUT2D eigenvalue weighted by molar-refractivity contribution is -0.118. The molecular formula is C13H20ClN3O3. The number of carbonyl (C=O) groups excluding carboxylic acids is 2. The molecule has 0 heterocycles. The SMILES string of the molecule is CNCCC(=O)Nc1ccccc1OCCC(N)=O.Cl. The van der Waals surface area contributed by atoms with Crippen LogP contribution >= 0.6 is 12.4 Å². The smallest absolute Gasteiger partial charge is 0.225 e. The van der Waals surface area contributed by atoms with E-state index in [0.29, 0.717) is 24.4 Å². The molecule has 0 spiro atoms. The number of amides is 2. The number of nitrogens with one attached hydrogen (secondary N) is 2. The minimum absolute atomic E-state index is 0. The number of hydrogen-bond donors (Lipinski definition) is 3. The summed E-state index contributed by atoms with van der Waals surface area (Å²) >= 11 is 0. The van der Waals surface area contributed by atoms with Gasteiger partial charge in [-0.3, -0.25) is 9.59 Å². The molecule has 0 aliphatic carbocycles. The molecule has 1 aromatic carbocycles. The Morgan fingerprint density at radius 2 is 1.95 bits per heavy atom. The van der Waals surface area contributed by atoms with Gasteiger partial charge in [-0.1, -0.05) is 12.1 Å². The van der Waals surface area contributed by atoms with E-state index in [4.69, 9.17) is 10.5 Å². The molecule has 20 heavy (non-hydrogen) atoms. The number of rotatable bonds is 8. The predicted molar refractivity (Wildman–Crippen MR) is 80.2 cm³/mol. The minimum Gasteiger partial charge on any atom is -0.491 e. The van der Waals surface area contributed by atoms with Crippen molar-refractivity contribution in [3.05, 3.63) is 24.3 Å². The topological polar surface area (TPSA) is 93.4 Å². The van der Waals surface area contributed by atoms with Gasteiger partial charge in [0.2, 0.25) is 11.8 Å². The summed E-state index contributed by atoms with van der Waals surface area (Å²) < 4.78 is 5.42. The highest BCUT2D eigenvalue weighted by molar-refractivity contribution is 5.92. The molecule has 0 unspecified atom stereocenters. The Labute approximate surface area is 124 Å². The molecule has 0 radical (unpaired) electrons. The second kappa shape index (κ2) is 10.1. The lowest BCUT2D eigenvalue weighted by atomic mass is 10.2. The monoisotopic (exact) mass is 301 g/mol. The van der Waals surface area contributed by atoms with Gasteiger partial charge in [0.05, 0.1) is 18.7 Å². The summed E-state index contributed by atoms with van der Waals surface area (Å²) in [6, 6.07) is 7.07. The van der Waals surface area contributed by atoms with E-state index in [1.54, 1.807) is 31.3 Å². The molecule has 0 aliphatic rings. The van der Waals surface area contributed by atoms with Gasteiger partial charge in [0.1, 0.15) is 5.75 Å². The van der Waals surface area contributed by atoms with E-state index in [0.717, 1.165) is 0 Å². The van der Waals surface area contributed by atoms with Crippen molar-refractivity contribution in [1.82, 2.24) is 5.32 Å². The summed E-state index contributed by atoms with van der Waals surface area (Å²) in [4.78, 5) is 22.3. The minimum atomic E-state index is -0.421. The van der Waals surface area contributed by atoms with E-state index in [-0.39, 0.29) is 31.3 Å². The summed E-state index contributed by atoms with van der Waals surface area (Å²) in [5.74, 6) is 0.0115. The fraction of sp³-hybridized carbons (Fsp3) is 0.385. The van der Waals surface area contributed by atoms with Crippen molar-refractivity contribution in [2.45, 2.75) is 12.8 Å².